The maximum Gasteiger partial charge on any atom is 0.153 e. The predicted octanol–water partition coefficient (Wildman–Crippen LogP) is 1.07. The van der Waals surface area contributed by atoms with Gasteiger partial charge in [-0.1, -0.05) is 6.42 Å². The molecule has 1 aliphatic rings. The molecule has 14 heavy (non-hydrogen) atoms. The first-order chi connectivity index (χ1) is 6.84. The van der Waals surface area contributed by atoms with Gasteiger partial charge < -0.3 is 10.0 Å². The SMILES string of the molecule is Oc1cnn(CCN2CCCCC2)c1. The van der Waals surface area contributed by atoms with Crippen molar-refractivity contribution < 1.29 is 5.11 Å². The van der Waals surface area contributed by atoms with Gasteiger partial charge in [0.2, 0.25) is 0 Å². The summed E-state index contributed by atoms with van der Waals surface area (Å²) in [5, 5.41) is 13.1. The van der Waals surface area contributed by atoms with Crippen molar-refractivity contribution in [2.24, 2.45) is 0 Å². The summed E-state index contributed by atoms with van der Waals surface area (Å²) < 4.78 is 1.80. The molecule has 1 fully saturated rings. The van der Waals surface area contributed by atoms with Crippen LogP contribution in [0.4, 0.5) is 0 Å². The summed E-state index contributed by atoms with van der Waals surface area (Å²) >= 11 is 0. The van der Waals surface area contributed by atoms with Crippen LogP contribution in [0, 0.1) is 0 Å². The highest BCUT2D eigenvalue weighted by molar-refractivity contribution is 5.08. The zero-order chi connectivity index (χ0) is 9.80. The van der Waals surface area contributed by atoms with Gasteiger partial charge >= 0.3 is 0 Å². The Labute approximate surface area is 84.1 Å². The van der Waals surface area contributed by atoms with Gasteiger partial charge in [-0.25, -0.2) is 0 Å². The van der Waals surface area contributed by atoms with Crippen molar-refractivity contribution in [1.82, 2.24) is 14.7 Å². The minimum absolute atomic E-state index is 0.253. The normalized spacial score (nSPS) is 18.6. The molecule has 0 aliphatic carbocycles. The molecule has 1 aliphatic heterocycles. The Morgan fingerprint density at radius 2 is 2.00 bits per heavy atom. The van der Waals surface area contributed by atoms with Gasteiger partial charge in [0.05, 0.1) is 18.9 Å². The van der Waals surface area contributed by atoms with Crippen LogP contribution in [0.5, 0.6) is 5.75 Å². The van der Waals surface area contributed by atoms with E-state index in [0.29, 0.717) is 0 Å². The lowest BCUT2D eigenvalue weighted by molar-refractivity contribution is 0.218. The van der Waals surface area contributed by atoms with Crippen LogP contribution in [0.15, 0.2) is 12.4 Å². The average Bonchev–Trinajstić information content (AvgIpc) is 2.63. The molecule has 78 valence electrons. The molecule has 0 atom stereocenters. The fourth-order valence-electron chi connectivity index (χ4n) is 1.90. The van der Waals surface area contributed by atoms with Gasteiger partial charge in [0.1, 0.15) is 0 Å². The second-order valence-electron chi connectivity index (χ2n) is 3.86. The summed E-state index contributed by atoms with van der Waals surface area (Å²) in [7, 11) is 0. The van der Waals surface area contributed by atoms with Gasteiger partial charge in [-0.05, 0) is 25.9 Å². The van der Waals surface area contributed by atoms with Crippen molar-refractivity contribution in [3.63, 3.8) is 0 Å². The lowest BCUT2D eigenvalue weighted by atomic mass is 10.1. The predicted molar refractivity (Wildman–Crippen MR) is 54.2 cm³/mol. The van der Waals surface area contributed by atoms with Crippen LogP contribution >= 0.6 is 0 Å². The number of likely N-dealkylation sites (tertiary alicyclic amines) is 1. The number of hydrogen-bond acceptors (Lipinski definition) is 3. The molecule has 0 bridgehead atoms. The molecule has 1 aromatic heterocycles. The van der Waals surface area contributed by atoms with Crippen LogP contribution in [0.3, 0.4) is 0 Å². The molecule has 4 nitrogen and oxygen atoms in total. The van der Waals surface area contributed by atoms with Crippen molar-refractivity contribution in [2.45, 2.75) is 25.8 Å². The maximum absolute atomic E-state index is 9.09. The molecule has 4 heteroatoms. The van der Waals surface area contributed by atoms with Gasteiger partial charge in [-0.15, -0.1) is 0 Å². The molecule has 0 spiro atoms. The third kappa shape index (κ3) is 2.48. The molecule has 0 radical (unpaired) electrons. The van der Waals surface area contributed by atoms with Crippen molar-refractivity contribution in [1.29, 1.82) is 0 Å². The molecular formula is C10H17N3O. The minimum atomic E-state index is 0.253. The Morgan fingerprint density at radius 3 is 2.64 bits per heavy atom. The topological polar surface area (TPSA) is 41.3 Å². The standard InChI is InChI=1S/C10H17N3O/c14-10-8-11-13(9-10)7-6-12-4-2-1-3-5-12/h8-9,14H,1-7H2. The fourth-order valence-corrected chi connectivity index (χ4v) is 1.90. The number of aromatic nitrogens is 2. The first kappa shape index (κ1) is 9.52. The third-order valence-corrected chi connectivity index (χ3v) is 2.71. The highest BCUT2D eigenvalue weighted by Crippen LogP contribution is 2.09. The third-order valence-electron chi connectivity index (χ3n) is 2.71. The zero-order valence-electron chi connectivity index (χ0n) is 8.39. The second kappa shape index (κ2) is 4.46. The summed E-state index contributed by atoms with van der Waals surface area (Å²) in [4.78, 5) is 2.46. The average molecular weight is 195 g/mol. The van der Waals surface area contributed by atoms with Gasteiger partial charge in [0.15, 0.2) is 5.75 Å². The molecule has 1 N–H and O–H groups in total. The highest BCUT2D eigenvalue weighted by atomic mass is 16.3. The summed E-state index contributed by atoms with van der Waals surface area (Å²) in [5.74, 6) is 0.253. The number of piperidine rings is 1. The van der Waals surface area contributed by atoms with Crippen LogP contribution in [-0.2, 0) is 6.54 Å². The van der Waals surface area contributed by atoms with Gasteiger partial charge in [-0.3, -0.25) is 4.68 Å². The van der Waals surface area contributed by atoms with Crippen molar-refractivity contribution in [3.8, 4) is 5.75 Å². The molecule has 0 saturated carbocycles. The van der Waals surface area contributed by atoms with Crippen LogP contribution in [0.2, 0.25) is 0 Å². The molecule has 0 amide bonds. The lowest BCUT2D eigenvalue weighted by Crippen LogP contribution is -2.32. The van der Waals surface area contributed by atoms with E-state index in [1.54, 1.807) is 10.9 Å². The van der Waals surface area contributed by atoms with Crippen molar-refractivity contribution >= 4 is 0 Å². The molecule has 2 heterocycles. The van der Waals surface area contributed by atoms with Gasteiger partial charge in [0.25, 0.3) is 0 Å². The molecule has 1 saturated heterocycles. The summed E-state index contributed by atoms with van der Waals surface area (Å²) in [6, 6.07) is 0. The van der Waals surface area contributed by atoms with E-state index in [1.807, 2.05) is 0 Å². The first-order valence-corrected chi connectivity index (χ1v) is 5.28. The Morgan fingerprint density at radius 1 is 1.21 bits per heavy atom. The summed E-state index contributed by atoms with van der Waals surface area (Å²) in [6.45, 7) is 4.35. The van der Waals surface area contributed by atoms with E-state index in [9.17, 15) is 0 Å². The zero-order valence-corrected chi connectivity index (χ0v) is 8.39. The van der Waals surface area contributed by atoms with Crippen molar-refractivity contribution in [2.75, 3.05) is 19.6 Å². The quantitative estimate of drug-likeness (QED) is 0.784. The van der Waals surface area contributed by atoms with E-state index in [0.717, 1.165) is 13.1 Å². The van der Waals surface area contributed by atoms with E-state index in [-0.39, 0.29) is 5.75 Å². The lowest BCUT2D eigenvalue weighted by Gasteiger charge is -2.26. The number of nitrogens with zero attached hydrogens (tertiary/aromatic N) is 3. The minimum Gasteiger partial charge on any atom is -0.505 e. The summed E-state index contributed by atoms with van der Waals surface area (Å²) in [5.41, 5.74) is 0. The van der Waals surface area contributed by atoms with E-state index < -0.39 is 0 Å². The Hall–Kier alpha value is -1.03. The Bertz CT molecular complexity index is 279. The van der Waals surface area contributed by atoms with Crippen LogP contribution in [-0.4, -0.2) is 39.4 Å². The largest absolute Gasteiger partial charge is 0.505 e. The van der Waals surface area contributed by atoms with E-state index in [2.05, 4.69) is 10.00 Å². The Balaban J connectivity index is 1.76. The molecule has 0 unspecified atom stereocenters. The first-order valence-electron chi connectivity index (χ1n) is 5.28. The van der Waals surface area contributed by atoms with E-state index in [1.165, 1.54) is 38.5 Å². The number of rotatable bonds is 3. The highest BCUT2D eigenvalue weighted by Gasteiger charge is 2.09. The van der Waals surface area contributed by atoms with E-state index >= 15 is 0 Å². The number of hydrogen-bond donors (Lipinski definition) is 1. The smallest absolute Gasteiger partial charge is 0.153 e. The Kier molecular flexibility index (Phi) is 3.03. The van der Waals surface area contributed by atoms with Crippen LogP contribution < -0.4 is 0 Å². The fraction of sp³-hybridized carbons (Fsp3) is 0.700. The second-order valence-corrected chi connectivity index (χ2v) is 3.86. The molecule has 1 aromatic rings. The molecule has 0 aromatic carbocycles. The van der Waals surface area contributed by atoms with Crippen LogP contribution in [0.25, 0.3) is 0 Å². The van der Waals surface area contributed by atoms with Crippen LogP contribution in [0.1, 0.15) is 19.3 Å². The van der Waals surface area contributed by atoms with Gasteiger partial charge in [-0.2, -0.15) is 5.10 Å². The van der Waals surface area contributed by atoms with Crippen molar-refractivity contribution in [3.05, 3.63) is 12.4 Å². The number of aromatic hydroxyl groups is 1. The monoisotopic (exact) mass is 195 g/mol. The maximum atomic E-state index is 9.09. The summed E-state index contributed by atoms with van der Waals surface area (Å²) in [6.07, 6.45) is 7.17. The molecule has 2 rings (SSSR count). The van der Waals surface area contributed by atoms with Gasteiger partial charge in [0, 0.05) is 6.54 Å². The molecular weight excluding hydrogens is 178 g/mol. The van der Waals surface area contributed by atoms with E-state index in [4.69, 9.17) is 5.11 Å².